The van der Waals surface area contributed by atoms with Crippen molar-refractivity contribution in [2.45, 2.75) is 12.6 Å². The molecule has 0 saturated carbocycles. The Hall–Kier alpha value is -1.11. The summed E-state index contributed by atoms with van der Waals surface area (Å²) < 4.78 is 36.1. The third kappa shape index (κ3) is 5.11. The van der Waals surface area contributed by atoms with E-state index in [1.165, 1.54) is 24.3 Å². The van der Waals surface area contributed by atoms with Gasteiger partial charge in [0, 0.05) is 5.56 Å². The first-order valence-corrected chi connectivity index (χ1v) is 4.46. The molecule has 0 aromatic heterocycles. The van der Waals surface area contributed by atoms with Gasteiger partial charge in [-0.2, -0.15) is 13.2 Å². The first-order valence-electron chi connectivity index (χ1n) is 4.08. The van der Waals surface area contributed by atoms with Crippen LogP contribution in [-0.2, 0) is 6.42 Å². The maximum atomic E-state index is 12.0. The normalized spacial score (nSPS) is 10.4. The van der Waals surface area contributed by atoms with E-state index in [2.05, 4.69) is 11.7 Å². The van der Waals surface area contributed by atoms with Crippen LogP contribution in [0.15, 0.2) is 24.3 Å². The fourth-order valence-corrected chi connectivity index (χ4v) is 1.27. The van der Waals surface area contributed by atoms with Crippen LogP contribution in [-0.4, -0.2) is 11.4 Å². The van der Waals surface area contributed by atoms with Crippen LogP contribution in [0.3, 0.4) is 0 Å². The van der Waals surface area contributed by atoms with E-state index >= 15 is 0 Å². The second-order valence-corrected chi connectivity index (χ2v) is 3.07. The van der Waals surface area contributed by atoms with Gasteiger partial charge in [0.15, 0.2) is 0 Å². The number of rotatable bonds is 2. The number of alkyl halides is 3. The Morgan fingerprint density at radius 1 is 1.25 bits per heavy atom. The molecule has 0 spiro atoms. The number of hydrogen-bond donors (Lipinski definition) is 2. The van der Waals surface area contributed by atoms with Gasteiger partial charge in [-0.1, -0.05) is 18.2 Å². The molecule has 7 heteroatoms. The molecule has 0 atom stereocenters. The molecule has 0 amide bonds. The van der Waals surface area contributed by atoms with E-state index in [-0.39, 0.29) is 11.1 Å². The molecule has 0 heterocycles. The number of hydrazine groups is 1. The van der Waals surface area contributed by atoms with Gasteiger partial charge >= 0.3 is 6.18 Å². The molecule has 1 aromatic rings. The van der Waals surface area contributed by atoms with Crippen LogP contribution in [0.25, 0.3) is 0 Å². The predicted molar refractivity (Wildman–Crippen MR) is 54.8 cm³/mol. The van der Waals surface area contributed by atoms with Gasteiger partial charge in [-0.25, -0.2) is 0 Å². The number of carbonyl (C=O) groups excluding carboxylic acids is 1. The van der Waals surface area contributed by atoms with Gasteiger partial charge in [0.1, 0.15) is 0 Å². The summed E-state index contributed by atoms with van der Waals surface area (Å²) in [5.41, 5.74) is -0.188. The lowest BCUT2D eigenvalue weighted by atomic mass is 10.1. The van der Waals surface area contributed by atoms with Crippen molar-refractivity contribution < 1.29 is 18.0 Å². The Labute approximate surface area is 95.1 Å². The quantitative estimate of drug-likeness (QED) is 0.482. The fourth-order valence-electron chi connectivity index (χ4n) is 1.08. The van der Waals surface area contributed by atoms with E-state index in [1.807, 2.05) is 0 Å². The molecule has 0 fully saturated rings. The molecule has 0 aliphatic carbocycles. The summed E-state index contributed by atoms with van der Waals surface area (Å²) >= 11 is 5.13. The Bertz CT molecular complexity index is 355. The van der Waals surface area contributed by atoms with E-state index in [0.29, 0.717) is 0 Å². The zero-order valence-corrected chi connectivity index (χ0v) is 8.85. The minimum absolute atomic E-state index is 0.0912. The van der Waals surface area contributed by atoms with E-state index in [9.17, 15) is 18.0 Å². The van der Waals surface area contributed by atoms with Crippen molar-refractivity contribution in [2.24, 2.45) is 11.7 Å². The second-order valence-electron chi connectivity index (χ2n) is 2.72. The molecule has 0 unspecified atom stereocenters. The highest BCUT2D eigenvalue weighted by Gasteiger charge is 2.29. The summed E-state index contributed by atoms with van der Waals surface area (Å²) in [4.78, 5) is 10.8. The minimum Gasteiger partial charge on any atom is -0.276 e. The number of nitrogens with two attached hydrogens (primary N) is 2. The molecule has 1 rings (SSSR count). The molecule has 16 heavy (non-hydrogen) atoms. The molecule has 0 saturated heterocycles. The zero-order valence-electron chi connectivity index (χ0n) is 8.09. The molecule has 0 radical (unpaired) electrons. The van der Waals surface area contributed by atoms with E-state index in [1.54, 1.807) is 0 Å². The van der Waals surface area contributed by atoms with Crippen LogP contribution in [0.2, 0.25) is 0 Å². The fraction of sp³-hybridized carbons (Fsp3) is 0.222. The summed E-state index contributed by atoms with van der Waals surface area (Å²) in [5, 5.41) is -0.871. The van der Waals surface area contributed by atoms with Crippen LogP contribution in [0.5, 0.6) is 0 Å². The van der Waals surface area contributed by atoms with Gasteiger partial charge in [0.2, 0.25) is 0 Å². The van der Waals surface area contributed by atoms with Crippen LogP contribution in [0, 0.1) is 0 Å². The van der Waals surface area contributed by atoms with Gasteiger partial charge in [-0.3, -0.25) is 16.5 Å². The third-order valence-electron chi connectivity index (χ3n) is 1.62. The molecule has 0 bridgehead atoms. The van der Waals surface area contributed by atoms with Gasteiger partial charge in [-0.15, -0.1) is 0 Å². The maximum Gasteiger partial charge on any atom is 0.393 e. The average molecular weight is 255 g/mol. The maximum absolute atomic E-state index is 12.0. The lowest BCUT2D eigenvalue weighted by Crippen LogP contribution is -2.13. The summed E-state index contributed by atoms with van der Waals surface area (Å²) in [6, 6.07) is 5.42. The van der Waals surface area contributed by atoms with E-state index < -0.39 is 17.8 Å². The predicted octanol–water partition coefficient (Wildman–Crippen LogP) is 1.99. The molecule has 3 nitrogen and oxygen atoms in total. The minimum atomic E-state index is -4.33. The highest BCUT2D eigenvalue weighted by Crippen LogP contribution is 2.24. The molecular weight excluding hydrogens is 245 g/mol. The van der Waals surface area contributed by atoms with E-state index in [4.69, 9.17) is 11.6 Å². The van der Waals surface area contributed by atoms with Crippen molar-refractivity contribution in [3.63, 3.8) is 0 Å². The molecule has 90 valence electrons. The van der Waals surface area contributed by atoms with Gasteiger partial charge < -0.3 is 0 Å². The van der Waals surface area contributed by atoms with E-state index in [0.717, 1.165) is 0 Å². The number of hydrogen-bond acceptors (Lipinski definition) is 3. The van der Waals surface area contributed by atoms with Crippen LogP contribution >= 0.6 is 11.6 Å². The van der Waals surface area contributed by atoms with Crippen LogP contribution in [0.1, 0.15) is 15.9 Å². The monoisotopic (exact) mass is 254 g/mol. The Kier molecular flexibility index (Phi) is 6.02. The van der Waals surface area contributed by atoms with Gasteiger partial charge in [0.25, 0.3) is 5.24 Å². The number of halogens is 4. The summed E-state index contributed by atoms with van der Waals surface area (Å²) in [5.74, 6) is 8.00. The highest BCUT2D eigenvalue weighted by atomic mass is 35.5. The van der Waals surface area contributed by atoms with Crippen molar-refractivity contribution in [2.75, 3.05) is 0 Å². The van der Waals surface area contributed by atoms with Crippen LogP contribution < -0.4 is 11.7 Å². The third-order valence-corrected chi connectivity index (χ3v) is 1.82. The van der Waals surface area contributed by atoms with Crippen LogP contribution in [0.4, 0.5) is 13.2 Å². The zero-order chi connectivity index (χ0) is 12.8. The van der Waals surface area contributed by atoms with Crippen molar-refractivity contribution in [1.29, 1.82) is 0 Å². The lowest BCUT2D eigenvalue weighted by molar-refractivity contribution is -0.127. The Morgan fingerprint density at radius 2 is 1.75 bits per heavy atom. The number of benzene rings is 1. The number of carbonyl (C=O) groups is 1. The van der Waals surface area contributed by atoms with Crippen molar-refractivity contribution in [3.8, 4) is 0 Å². The largest absolute Gasteiger partial charge is 0.393 e. The molecule has 0 aliphatic heterocycles. The molecule has 0 aliphatic rings. The molecular formula is C9H10ClF3N2O. The summed E-state index contributed by atoms with van der Waals surface area (Å²) in [6.45, 7) is 0. The van der Waals surface area contributed by atoms with Crippen molar-refractivity contribution in [1.82, 2.24) is 0 Å². The van der Waals surface area contributed by atoms with Gasteiger partial charge in [-0.05, 0) is 23.2 Å². The second kappa shape index (κ2) is 6.47. The Balaban J connectivity index is 0.00000106. The Morgan fingerprint density at radius 3 is 2.19 bits per heavy atom. The standard InChI is InChI=1S/C9H6ClF3O.H4N2/c10-8(14)7-4-2-1-3-6(7)5-9(11,12)13;1-2/h1-4H,5H2;1-2H2. The van der Waals surface area contributed by atoms with Gasteiger partial charge in [0.05, 0.1) is 6.42 Å². The lowest BCUT2D eigenvalue weighted by Gasteiger charge is -2.08. The molecule has 1 aromatic carbocycles. The topological polar surface area (TPSA) is 69.1 Å². The SMILES string of the molecule is NN.O=C(Cl)c1ccccc1CC(F)(F)F. The summed E-state index contributed by atoms with van der Waals surface area (Å²) in [7, 11) is 0. The van der Waals surface area contributed by atoms with Crippen molar-refractivity contribution >= 4 is 16.8 Å². The van der Waals surface area contributed by atoms with Crippen molar-refractivity contribution in [3.05, 3.63) is 35.4 Å². The smallest absolute Gasteiger partial charge is 0.276 e. The average Bonchev–Trinajstić information content (AvgIpc) is 2.19. The first kappa shape index (κ1) is 14.9. The molecule has 4 N–H and O–H groups in total. The summed E-state index contributed by atoms with van der Waals surface area (Å²) in [6.07, 6.45) is -5.47. The first-order chi connectivity index (χ1) is 7.40. The highest BCUT2D eigenvalue weighted by molar-refractivity contribution is 6.67.